The number of nitrogens with one attached hydrogen (secondary N) is 1. The Kier molecular flexibility index (Phi) is 4.98. The molecule has 2 heteroatoms. The summed E-state index contributed by atoms with van der Waals surface area (Å²) in [5.74, 6) is 0.741. The minimum Gasteiger partial charge on any atom is -0.374 e. The summed E-state index contributed by atoms with van der Waals surface area (Å²) >= 11 is 0. The Morgan fingerprint density at radius 1 is 1.19 bits per heavy atom. The number of benzene rings is 1. The van der Waals surface area contributed by atoms with Crippen LogP contribution in [-0.4, -0.2) is 26.2 Å². The van der Waals surface area contributed by atoms with Gasteiger partial charge in [-0.1, -0.05) is 26.8 Å². The van der Waals surface area contributed by atoms with E-state index in [2.05, 4.69) is 70.1 Å². The van der Waals surface area contributed by atoms with Crippen molar-refractivity contribution in [1.29, 1.82) is 0 Å². The number of rotatable bonds is 5. The Bertz CT molecular complexity index is 458. The van der Waals surface area contributed by atoms with Gasteiger partial charge < -0.3 is 10.2 Å². The van der Waals surface area contributed by atoms with Gasteiger partial charge in [-0.2, -0.15) is 0 Å². The highest BCUT2D eigenvalue weighted by Gasteiger charge is 2.41. The quantitative estimate of drug-likeness (QED) is 0.875. The number of hydrogen-bond acceptors (Lipinski definition) is 2. The van der Waals surface area contributed by atoms with Crippen LogP contribution in [0.25, 0.3) is 0 Å². The van der Waals surface area contributed by atoms with Gasteiger partial charge in [0.25, 0.3) is 0 Å². The van der Waals surface area contributed by atoms with E-state index in [9.17, 15) is 0 Å². The molecule has 1 aromatic carbocycles. The summed E-state index contributed by atoms with van der Waals surface area (Å²) in [6.45, 7) is 13.6. The van der Waals surface area contributed by atoms with Gasteiger partial charge in [-0.05, 0) is 67.8 Å². The van der Waals surface area contributed by atoms with E-state index in [4.69, 9.17) is 0 Å². The first kappa shape index (κ1) is 16.4. The lowest BCUT2D eigenvalue weighted by Gasteiger charge is -2.34. The SMILES string of the molecule is CCNC1C(CN(C)c2cc(C)cc(C)c2)CCC1(C)C. The topological polar surface area (TPSA) is 15.3 Å². The molecule has 0 bridgehead atoms. The summed E-state index contributed by atoms with van der Waals surface area (Å²) in [5, 5.41) is 3.74. The monoisotopic (exact) mass is 288 g/mol. The van der Waals surface area contributed by atoms with Crippen LogP contribution in [0.2, 0.25) is 0 Å². The van der Waals surface area contributed by atoms with Crippen LogP contribution in [0.3, 0.4) is 0 Å². The van der Waals surface area contributed by atoms with Gasteiger partial charge in [-0.15, -0.1) is 0 Å². The Balaban J connectivity index is 2.09. The van der Waals surface area contributed by atoms with Gasteiger partial charge in [0, 0.05) is 25.3 Å². The van der Waals surface area contributed by atoms with E-state index in [1.807, 2.05) is 0 Å². The first-order valence-corrected chi connectivity index (χ1v) is 8.36. The lowest BCUT2D eigenvalue weighted by molar-refractivity contribution is 0.253. The second-order valence-corrected chi connectivity index (χ2v) is 7.55. The largest absolute Gasteiger partial charge is 0.374 e. The maximum Gasteiger partial charge on any atom is 0.0369 e. The van der Waals surface area contributed by atoms with Crippen molar-refractivity contribution in [2.24, 2.45) is 11.3 Å². The Labute approximate surface area is 130 Å². The highest BCUT2D eigenvalue weighted by atomic mass is 15.1. The van der Waals surface area contributed by atoms with Crippen molar-refractivity contribution >= 4 is 5.69 Å². The molecule has 2 rings (SSSR count). The van der Waals surface area contributed by atoms with Crippen LogP contribution in [0.1, 0.15) is 44.7 Å². The number of nitrogens with zero attached hydrogens (tertiary/aromatic N) is 1. The maximum absolute atomic E-state index is 3.74. The van der Waals surface area contributed by atoms with E-state index in [1.165, 1.54) is 29.7 Å². The highest BCUT2D eigenvalue weighted by molar-refractivity contribution is 5.50. The first-order chi connectivity index (χ1) is 9.83. The van der Waals surface area contributed by atoms with Gasteiger partial charge in [0.15, 0.2) is 0 Å². The van der Waals surface area contributed by atoms with Crippen LogP contribution in [0.5, 0.6) is 0 Å². The lowest BCUT2D eigenvalue weighted by atomic mass is 9.84. The molecule has 0 heterocycles. The molecule has 0 spiro atoms. The molecule has 1 aromatic rings. The van der Waals surface area contributed by atoms with Crippen molar-refractivity contribution in [3.05, 3.63) is 29.3 Å². The van der Waals surface area contributed by atoms with Gasteiger partial charge in [0.05, 0.1) is 0 Å². The third kappa shape index (κ3) is 3.79. The molecule has 2 atom stereocenters. The summed E-state index contributed by atoms with van der Waals surface area (Å²) in [6, 6.07) is 7.48. The molecule has 21 heavy (non-hydrogen) atoms. The summed E-state index contributed by atoms with van der Waals surface area (Å²) in [4.78, 5) is 2.44. The fourth-order valence-electron chi connectivity index (χ4n) is 4.01. The van der Waals surface area contributed by atoms with Gasteiger partial charge in [-0.3, -0.25) is 0 Å². The van der Waals surface area contributed by atoms with E-state index in [0.717, 1.165) is 19.0 Å². The predicted octanol–water partition coefficient (Wildman–Crippen LogP) is 4.15. The van der Waals surface area contributed by atoms with E-state index in [-0.39, 0.29) is 0 Å². The molecule has 118 valence electrons. The fraction of sp³-hybridized carbons (Fsp3) is 0.684. The summed E-state index contributed by atoms with van der Waals surface area (Å²) in [6.07, 6.45) is 2.66. The van der Waals surface area contributed by atoms with E-state index >= 15 is 0 Å². The number of aryl methyl sites for hydroxylation is 2. The standard InChI is InChI=1S/C19H32N2/c1-7-20-18-16(8-9-19(18,4)5)13-21(6)17-11-14(2)10-15(3)12-17/h10-12,16,18,20H,7-9,13H2,1-6H3. The molecule has 2 unspecified atom stereocenters. The van der Waals surface area contributed by atoms with Crippen LogP contribution < -0.4 is 10.2 Å². The van der Waals surface area contributed by atoms with E-state index in [1.54, 1.807) is 0 Å². The second-order valence-electron chi connectivity index (χ2n) is 7.55. The normalized spacial score (nSPS) is 24.3. The molecule has 1 aliphatic carbocycles. The van der Waals surface area contributed by atoms with Gasteiger partial charge in [0.1, 0.15) is 0 Å². The minimum atomic E-state index is 0.421. The summed E-state index contributed by atoms with van der Waals surface area (Å²) in [7, 11) is 2.24. The molecule has 2 nitrogen and oxygen atoms in total. The third-order valence-electron chi connectivity index (χ3n) is 5.05. The van der Waals surface area contributed by atoms with Crippen molar-refractivity contribution in [3.63, 3.8) is 0 Å². The molecule has 0 aromatic heterocycles. The molecule has 1 N–H and O–H groups in total. The number of anilines is 1. The second kappa shape index (κ2) is 6.39. The Morgan fingerprint density at radius 3 is 2.38 bits per heavy atom. The molecule has 0 saturated heterocycles. The van der Waals surface area contributed by atoms with Crippen molar-refractivity contribution in [1.82, 2.24) is 5.32 Å². The van der Waals surface area contributed by atoms with Crippen LogP contribution >= 0.6 is 0 Å². The molecule has 1 fully saturated rings. The van der Waals surface area contributed by atoms with E-state index in [0.29, 0.717) is 11.5 Å². The van der Waals surface area contributed by atoms with Crippen molar-refractivity contribution < 1.29 is 0 Å². The fourth-order valence-corrected chi connectivity index (χ4v) is 4.01. The van der Waals surface area contributed by atoms with Crippen LogP contribution in [-0.2, 0) is 0 Å². The molecule has 0 radical (unpaired) electrons. The summed E-state index contributed by atoms with van der Waals surface area (Å²) < 4.78 is 0. The van der Waals surface area contributed by atoms with Crippen LogP contribution in [0.15, 0.2) is 18.2 Å². The minimum absolute atomic E-state index is 0.421. The van der Waals surface area contributed by atoms with Crippen LogP contribution in [0.4, 0.5) is 5.69 Å². The molecule has 1 saturated carbocycles. The average Bonchev–Trinajstić information content (AvgIpc) is 2.65. The van der Waals surface area contributed by atoms with Crippen LogP contribution in [0, 0.1) is 25.2 Å². The maximum atomic E-state index is 3.74. The predicted molar refractivity (Wildman–Crippen MR) is 93.2 cm³/mol. The highest BCUT2D eigenvalue weighted by Crippen LogP contribution is 2.41. The van der Waals surface area contributed by atoms with Gasteiger partial charge >= 0.3 is 0 Å². The molecule has 0 amide bonds. The van der Waals surface area contributed by atoms with Crippen molar-refractivity contribution in [2.75, 3.05) is 25.0 Å². The zero-order valence-electron chi connectivity index (χ0n) is 14.7. The zero-order chi connectivity index (χ0) is 15.6. The lowest BCUT2D eigenvalue weighted by Crippen LogP contribution is -2.45. The molecule has 1 aliphatic rings. The third-order valence-corrected chi connectivity index (χ3v) is 5.05. The van der Waals surface area contributed by atoms with Gasteiger partial charge in [0.2, 0.25) is 0 Å². The van der Waals surface area contributed by atoms with E-state index < -0.39 is 0 Å². The number of hydrogen-bond donors (Lipinski definition) is 1. The summed E-state index contributed by atoms with van der Waals surface area (Å²) in [5.41, 5.74) is 4.48. The van der Waals surface area contributed by atoms with Crippen molar-refractivity contribution in [3.8, 4) is 0 Å². The average molecular weight is 288 g/mol. The molecular formula is C19H32N2. The molecule has 0 aliphatic heterocycles. The zero-order valence-corrected chi connectivity index (χ0v) is 14.7. The van der Waals surface area contributed by atoms with Gasteiger partial charge in [-0.25, -0.2) is 0 Å². The van der Waals surface area contributed by atoms with Crippen molar-refractivity contribution in [2.45, 2.75) is 53.5 Å². The molecular weight excluding hydrogens is 256 g/mol. The first-order valence-electron chi connectivity index (χ1n) is 8.36. The smallest absolute Gasteiger partial charge is 0.0369 e. The Hall–Kier alpha value is -1.02. The Morgan fingerprint density at radius 2 is 1.81 bits per heavy atom.